The van der Waals surface area contributed by atoms with Crippen molar-refractivity contribution in [3.8, 4) is 0 Å². The van der Waals surface area contributed by atoms with Gasteiger partial charge in [0.05, 0.1) is 22.2 Å². The van der Waals surface area contributed by atoms with Gasteiger partial charge in [-0.3, -0.25) is 4.79 Å². The number of hydrogen-bond donors (Lipinski definition) is 2. The number of carboxylic acids is 1. The largest absolute Gasteiger partial charge is 0.478 e. The molecule has 0 spiro atoms. The van der Waals surface area contributed by atoms with Gasteiger partial charge in [0.15, 0.2) is 0 Å². The first-order chi connectivity index (χ1) is 10.4. The Bertz CT molecular complexity index is 710. The molecular formula is C17H16ClNO3. The number of aryl methyl sites for hydroxylation is 1. The summed E-state index contributed by atoms with van der Waals surface area (Å²) in [6, 6.07) is 12.1. The summed E-state index contributed by atoms with van der Waals surface area (Å²) in [5, 5.41) is 12.0. The van der Waals surface area contributed by atoms with Crippen LogP contribution in [0.2, 0.25) is 5.02 Å². The first-order valence-corrected chi connectivity index (χ1v) is 7.17. The third-order valence-electron chi connectivity index (χ3n) is 3.46. The molecule has 1 amide bonds. The van der Waals surface area contributed by atoms with Gasteiger partial charge in [0.1, 0.15) is 0 Å². The van der Waals surface area contributed by atoms with Gasteiger partial charge >= 0.3 is 5.97 Å². The average Bonchev–Trinajstić information content (AvgIpc) is 2.49. The summed E-state index contributed by atoms with van der Waals surface area (Å²) in [6.45, 7) is 3.73. The van der Waals surface area contributed by atoms with Gasteiger partial charge in [-0.05, 0) is 31.5 Å². The molecule has 2 aromatic rings. The molecule has 4 nitrogen and oxygen atoms in total. The zero-order valence-corrected chi connectivity index (χ0v) is 13.0. The van der Waals surface area contributed by atoms with Gasteiger partial charge in [-0.15, -0.1) is 0 Å². The third kappa shape index (κ3) is 3.46. The highest BCUT2D eigenvalue weighted by Crippen LogP contribution is 2.28. The Morgan fingerprint density at radius 2 is 1.77 bits per heavy atom. The van der Waals surface area contributed by atoms with Crippen LogP contribution in [0.15, 0.2) is 42.5 Å². The Kier molecular flexibility index (Phi) is 4.83. The fraction of sp³-hybridized carbons (Fsp3) is 0.176. The standard InChI is InChI=1S/C17H16ClNO3/c1-10-6-8-12(9-7-10)11(2)16(20)19-15-13(17(21)22)4-3-5-14(15)18/h3-9,11H,1-2H3,(H,19,20)(H,21,22). The van der Waals surface area contributed by atoms with E-state index in [0.29, 0.717) is 0 Å². The molecule has 2 aromatic carbocycles. The number of benzene rings is 2. The van der Waals surface area contributed by atoms with E-state index in [1.54, 1.807) is 13.0 Å². The van der Waals surface area contributed by atoms with Crippen LogP contribution in [0.3, 0.4) is 0 Å². The molecule has 0 aliphatic rings. The second kappa shape index (κ2) is 6.62. The molecule has 0 radical (unpaired) electrons. The van der Waals surface area contributed by atoms with E-state index in [0.717, 1.165) is 11.1 Å². The number of carboxylic acid groups (broad SMARTS) is 1. The van der Waals surface area contributed by atoms with Crippen LogP contribution in [0.5, 0.6) is 0 Å². The number of hydrogen-bond acceptors (Lipinski definition) is 2. The fourth-order valence-corrected chi connectivity index (χ4v) is 2.29. The van der Waals surface area contributed by atoms with Crippen LogP contribution in [0.1, 0.15) is 34.3 Å². The Morgan fingerprint density at radius 1 is 1.14 bits per heavy atom. The highest BCUT2D eigenvalue weighted by atomic mass is 35.5. The molecule has 0 aliphatic heterocycles. The van der Waals surface area contributed by atoms with Crippen molar-refractivity contribution in [3.05, 3.63) is 64.2 Å². The van der Waals surface area contributed by atoms with Gasteiger partial charge in [-0.1, -0.05) is 47.5 Å². The van der Waals surface area contributed by atoms with E-state index < -0.39 is 11.9 Å². The van der Waals surface area contributed by atoms with Crippen LogP contribution in [0.4, 0.5) is 5.69 Å². The van der Waals surface area contributed by atoms with E-state index in [1.807, 2.05) is 31.2 Å². The first-order valence-electron chi connectivity index (χ1n) is 6.79. The van der Waals surface area contributed by atoms with Crippen molar-refractivity contribution in [2.75, 3.05) is 5.32 Å². The van der Waals surface area contributed by atoms with E-state index >= 15 is 0 Å². The van der Waals surface area contributed by atoms with Gasteiger partial charge in [0.25, 0.3) is 0 Å². The first kappa shape index (κ1) is 16.0. The highest BCUT2D eigenvalue weighted by molar-refractivity contribution is 6.34. The second-order valence-corrected chi connectivity index (χ2v) is 5.50. The average molecular weight is 318 g/mol. The lowest BCUT2D eigenvalue weighted by molar-refractivity contribution is -0.117. The molecule has 0 aromatic heterocycles. The van der Waals surface area contributed by atoms with Crippen LogP contribution in [-0.4, -0.2) is 17.0 Å². The van der Waals surface area contributed by atoms with Crippen LogP contribution in [0, 0.1) is 6.92 Å². The van der Waals surface area contributed by atoms with Crippen molar-refractivity contribution in [3.63, 3.8) is 0 Å². The minimum absolute atomic E-state index is 0.0306. The Labute approximate surface area is 133 Å². The Morgan fingerprint density at radius 3 is 2.36 bits per heavy atom. The van der Waals surface area contributed by atoms with Gasteiger partial charge < -0.3 is 10.4 Å². The number of rotatable bonds is 4. The van der Waals surface area contributed by atoms with E-state index in [-0.39, 0.29) is 22.2 Å². The van der Waals surface area contributed by atoms with Crippen LogP contribution < -0.4 is 5.32 Å². The lowest BCUT2D eigenvalue weighted by Gasteiger charge is -2.15. The van der Waals surface area contributed by atoms with Crippen molar-refractivity contribution < 1.29 is 14.7 Å². The molecule has 1 unspecified atom stereocenters. The molecule has 1 atom stereocenters. The predicted octanol–water partition coefficient (Wildman–Crippen LogP) is 4.09. The molecule has 2 N–H and O–H groups in total. The highest BCUT2D eigenvalue weighted by Gasteiger charge is 2.20. The minimum atomic E-state index is -1.14. The SMILES string of the molecule is Cc1ccc(C(C)C(=O)Nc2c(Cl)cccc2C(=O)O)cc1. The van der Waals surface area contributed by atoms with Crippen molar-refractivity contribution in [1.29, 1.82) is 0 Å². The molecule has 0 aliphatic carbocycles. The number of carbonyl (C=O) groups is 2. The van der Waals surface area contributed by atoms with Crippen LogP contribution in [0.25, 0.3) is 0 Å². The topological polar surface area (TPSA) is 66.4 Å². The zero-order valence-electron chi connectivity index (χ0n) is 12.3. The molecule has 0 fully saturated rings. The number of carbonyl (C=O) groups excluding carboxylic acids is 1. The van der Waals surface area contributed by atoms with E-state index in [1.165, 1.54) is 12.1 Å². The Balaban J connectivity index is 2.25. The molecule has 22 heavy (non-hydrogen) atoms. The van der Waals surface area contributed by atoms with Crippen molar-refractivity contribution in [1.82, 2.24) is 0 Å². The lowest BCUT2D eigenvalue weighted by atomic mass is 9.99. The number of halogens is 1. The monoisotopic (exact) mass is 317 g/mol. The van der Waals surface area contributed by atoms with Gasteiger partial charge in [-0.25, -0.2) is 4.79 Å². The number of nitrogens with one attached hydrogen (secondary N) is 1. The number of amides is 1. The predicted molar refractivity (Wildman–Crippen MR) is 86.6 cm³/mol. The number of anilines is 1. The number of aromatic carboxylic acids is 1. The maximum Gasteiger partial charge on any atom is 0.337 e. The van der Waals surface area contributed by atoms with E-state index in [4.69, 9.17) is 11.6 Å². The maximum absolute atomic E-state index is 12.4. The van der Waals surface area contributed by atoms with Crippen LogP contribution in [-0.2, 0) is 4.79 Å². The zero-order chi connectivity index (χ0) is 16.3. The fourth-order valence-electron chi connectivity index (χ4n) is 2.07. The summed E-state index contributed by atoms with van der Waals surface area (Å²) in [4.78, 5) is 23.6. The van der Waals surface area contributed by atoms with Crippen molar-refractivity contribution in [2.45, 2.75) is 19.8 Å². The number of para-hydroxylation sites is 1. The molecule has 2 rings (SSSR count). The van der Waals surface area contributed by atoms with Crippen molar-refractivity contribution in [2.24, 2.45) is 0 Å². The lowest BCUT2D eigenvalue weighted by Crippen LogP contribution is -2.20. The minimum Gasteiger partial charge on any atom is -0.478 e. The second-order valence-electron chi connectivity index (χ2n) is 5.09. The summed E-state index contributed by atoms with van der Waals surface area (Å²) < 4.78 is 0. The molecule has 0 saturated carbocycles. The molecule has 0 heterocycles. The summed E-state index contributed by atoms with van der Waals surface area (Å²) in [5.74, 6) is -1.86. The van der Waals surface area contributed by atoms with Gasteiger partial charge in [-0.2, -0.15) is 0 Å². The smallest absolute Gasteiger partial charge is 0.337 e. The normalized spacial score (nSPS) is 11.8. The molecule has 0 bridgehead atoms. The summed E-state index contributed by atoms with van der Waals surface area (Å²) in [7, 11) is 0. The molecule has 0 saturated heterocycles. The third-order valence-corrected chi connectivity index (χ3v) is 3.78. The summed E-state index contributed by atoms with van der Waals surface area (Å²) in [5.41, 5.74) is 2.06. The van der Waals surface area contributed by atoms with E-state index in [2.05, 4.69) is 5.32 Å². The summed E-state index contributed by atoms with van der Waals surface area (Å²) >= 11 is 6.01. The quantitative estimate of drug-likeness (QED) is 0.892. The Hall–Kier alpha value is -2.33. The van der Waals surface area contributed by atoms with Gasteiger partial charge in [0.2, 0.25) is 5.91 Å². The van der Waals surface area contributed by atoms with Crippen LogP contribution >= 0.6 is 11.6 Å². The van der Waals surface area contributed by atoms with Crippen molar-refractivity contribution >= 4 is 29.2 Å². The molecular weight excluding hydrogens is 302 g/mol. The molecule has 5 heteroatoms. The summed E-state index contributed by atoms with van der Waals surface area (Å²) in [6.07, 6.45) is 0. The van der Waals surface area contributed by atoms with Gasteiger partial charge in [0, 0.05) is 0 Å². The van der Waals surface area contributed by atoms with E-state index in [9.17, 15) is 14.7 Å². The molecule has 114 valence electrons. The maximum atomic E-state index is 12.4.